The summed E-state index contributed by atoms with van der Waals surface area (Å²) in [6.45, 7) is 8.24. The van der Waals surface area contributed by atoms with Crippen molar-refractivity contribution >= 4 is 11.9 Å². The Hall–Kier alpha value is -1.84. The summed E-state index contributed by atoms with van der Waals surface area (Å²) < 4.78 is 5.32. The number of hydrogen-bond donors (Lipinski definition) is 0. The van der Waals surface area contributed by atoms with Gasteiger partial charge in [0, 0.05) is 6.54 Å². The first-order valence-corrected chi connectivity index (χ1v) is 7.85. The van der Waals surface area contributed by atoms with Crippen molar-refractivity contribution in [2.75, 3.05) is 6.54 Å². The maximum absolute atomic E-state index is 12.5. The van der Waals surface area contributed by atoms with E-state index in [0.717, 1.165) is 12.0 Å². The molecular formula is C18H25NO3. The number of amides is 1. The molecule has 1 saturated heterocycles. The Balaban J connectivity index is 1.97. The minimum absolute atomic E-state index is 0.0392. The summed E-state index contributed by atoms with van der Waals surface area (Å²) in [7, 11) is 0. The Morgan fingerprint density at radius 1 is 1.32 bits per heavy atom. The van der Waals surface area contributed by atoms with Gasteiger partial charge >= 0.3 is 5.97 Å². The summed E-state index contributed by atoms with van der Waals surface area (Å²) in [5.41, 5.74) is 0.615. The molecule has 0 unspecified atom stereocenters. The molecule has 2 rings (SSSR count). The van der Waals surface area contributed by atoms with Gasteiger partial charge in [0.05, 0.1) is 18.4 Å². The first-order valence-electron chi connectivity index (χ1n) is 7.85. The van der Waals surface area contributed by atoms with Crippen molar-refractivity contribution in [1.82, 2.24) is 4.90 Å². The van der Waals surface area contributed by atoms with Crippen LogP contribution in [0.25, 0.3) is 0 Å². The van der Waals surface area contributed by atoms with Crippen molar-refractivity contribution in [1.29, 1.82) is 0 Å². The second-order valence-corrected chi connectivity index (χ2v) is 6.89. The molecule has 0 aromatic heterocycles. The van der Waals surface area contributed by atoms with Crippen molar-refractivity contribution in [3.63, 3.8) is 0 Å². The van der Waals surface area contributed by atoms with E-state index in [2.05, 4.69) is 0 Å². The zero-order valence-electron chi connectivity index (χ0n) is 13.8. The second-order valence-electron chi connectivity index (χ2n) is 6.89. The standard InChI is InChI=1S/C18H25NO3/c1-13(14-8-6-5-7-9-14)19-11-10-15(17(19)21)12-16(20)22-18(2,3)4/h5-9,13,15H,10-12H2,1-4H3/t13-,15+/m1/s1. The quantitative estimate of drug-likeness (QED) is 0.802. The number of esters is 1. The number of carbonyl (C=O) groups excluding carboxylic acids is 2. The minimum Gasteiger partial charge on any atom is -0.460 e. The molecule has 1 aromatic rings. The summed E-state index contributed by atoms with van der Waals surface area (Å²) in [6, 6.07) is 10.0. The SMILES string of the molecule is C[C@H](c1ccccc1)N1CC[C@@H](CC(=O)OC(C)(C)C)C1=O. The molecule has 0 N–H and O–H groups in total. The second kappa shape index (κ2) is 6.51. The van der Waals surface area contributed by atoms with Crippen molar-refractivity contribution in [2.24, 2.45) is 5.92 Å². The summed E-state index contributed by atoms with van der Waals surface area (Å²) >= 11 is 0. The molecule has 0 saturated carbocycles. The molecule has 120 valence electrons. The van der Waals surface area contributed by atoms with E-state index in [0.29, 0.717) is 6.54 Å². The van der Waals surface area contributed by atoms with Gasteiger partial charge in [-0.1, -0.05) is 30.3 Å². The maximum atomic E-state index is 12.5. The highest BCUT2D eigenvalue weighted by molar-refractivity contribution is 5.85. The first kappa shape index (κ1) is 16.5. The summed E-state index contributed by atoms with van der Waals surface area (Å²) in [6.07, 6.45) is 0.892. The van der Waals surface area contributed by atoms with Crippen LogP contribution in [0.15, 0.2) is 30.3 Å². The zero-order valence-corrected chi connectivity index (χ0v) is 13.8. The first-order chi connectivity index (χ1) is 10.3. The zero-order chi connectivity index (χ0) is 16.3. The maximum Gasteiger partial charge on any atom is 0.307 e. The molecule has 1 heterocycles. The van der Waals surface area contributed by atoms with Gasteiger partial charge < -0.3 is 9.64 Å². The van der Waals surface area contributed by atoms with Crippen molar-refractivity contribution in [3.05, 3.63) is 35.9 Å². The molecule has 0 spiro atoms. The fourth-order valence-electron chi connectivity index (χ4n) is 2.83. The lowest BCUT2D eigenvalue weighted by molar-refractivity contribution is -0.157. The van der Waals surface area contributed by atoms with E-state index >= 15 is 0 Å². The van der Waals surface area contributed by atoms with Crippen LogP contribution < -0.4 is 0 Å². The molecule has 1 amide bonds. The number of ether oxygens (including phenoxy) is 1. The molecular weight excluding hydrogens is 278 g/mol. The van der Waals surface area contributed by atoms with Crippen LogP contribution in [0.1, 0.15) is 52.1 Å². The Bertz CT molecular complexity index is 533. The Labute approximate surface area is 132 Å². The van der Waals surface area contributed by atoms with E-state index < -0.39 is 5.60 Å². The van der Waals surface area contributed by atoms with Gasteiger partial charge in [-0.05, 0) is 39.7 Å². The van der Waals surface area contributed by atoms with E-state index in [-0.39, 0.29) is 30.3 Å². The van der Waals surface area contributed by atoms with Gasteiger partial charge in [-0.25, -0.2) is 0 Å². The average Bonchev–Trinajstić information content (AvgIpc) is 2.78. The van der Waals surface area contributed by atoms with Gasteiger partial charge in [0.2, 0.25) is 5.91 Å². The van der Waals surface area contributed by atoms with Gasteiger partial charge in [0.15, 0.2) is 0 Å². The summed E-state index contributed by atoms with van der Waals surface area (Å²) in [5.74, 6) is -0.483. The number of rotatable bonds is 4. The van der Waals surface area contributed by atoms with Crippen LogP contribution >= 0.6 is 0 Å². The highest BCUT2D eigenvalue weighted by Crippen LogP contribution is 2.30. The Kier molecular flexibility index (Phi) is 4.89. The molecule has 4 nitrogen and oxygen atoms in total. The lowest BCUT2D eigenvalue weighted by atomic mass is 10.0. The van der Waals surface area contributed by atoms with Crippen molar-refractivity contribution in [2.45, 2.75) is 52.2 Å². The van der Waals surface area contributed by atoms with Gasteiger partial charge in [0.1, 0.15) is 5.60 Å². The molecule has 1 aliphatic heterocycles. The van der Waals surface area contributed by atoms with Crippen LogP contribution in [-0.4, -0.2) is 28.9 Å². The van der Waals surface area contributed by atoms with Gasteiger partial charge in [-0.15, -0.1) is 0 Å². The third kappa shape index (κ3) is 4.09. The Morgan fingerprint density at radius 3 is 2.55 bits per heavy atom. The molecule has 2 atom stereocenters. The van der Waals surface area contributed by atoms with E-state index in [4.69, 9.17) is 4.74 Å². The lowest BCUT2D eigenvalue weighted by Crippen LogP contribution is -2.32. The predicted octanol–water partition coefficient (Wildman–Crippen LogP) is 3.33. The van der Waals surface area contributed by atoms with E-state index in [1.54, 1.807) is 0 Å². The van der Waals surface area contributed by atoms with E-state index in [1.165, 1.54) is 0 Å². The third-order valence-electron chi connectivity index (χ3n) is 3.93. The van der Waals surface area contributed by atoms with Crippen LogP contribution in [0.5, 0.6) is 0 Å². The normalized spacial score (nSPS) is 20.1. The molecule has 1 fully saturated rings. The molecule has 1 aromatic carbocycles. The van der Waals surface area contributed by atoms with E-state index in [1.807, 2.05) is 62.9 Å². The van der Waals surface area contributed by atoms with Gasteiger partial charge in [-0.2, -0.15) is 0 Å². The topological polar surface area (TPSA) is 46.6 Å². The van der Waals surface area contributed by atoms with Crippen LogP contribution in [0.2, 0.25) is 0 Å². The average molecular weight is 303 g/mol. The Morgan fingerprint density at radius 2 is 1.95 bits per heavy atom. The van der Waals surface area contributed by atoms with E-state index in [9.17, 15) is 9.59 Å². The van der Waals surface area contributed by atoms with Crippen molar-refractivity contribution in [3.8, 4) is 0 Å². The molecule has 4 heteroatoms. The highest BCUT2D eigenvalue weighted by Gasteiger charge is 2.36. The number of hydrogen-bond acceptors (Lipinski definition) is 3. The largest absolute Gasteiger partial charge is 0.460 e. The smallest absolute Gasteiger partial charge is 0.307 e. The van der Waals surface area contributed by atoms with Crippen molar-refractivity contribution < 1.29 is 14.3 Å². The summed E-state index contributed by atoms with van der Waals surface area (Å²) in [4.78, 5) is 26.3. The minimum atomic E-state index is -0.504. The number of carbonyl (C=O) groups is 2. The highest BCUT2D eigenvalue weighted by atomic mass is 16.6. The lowest BCUT2D eigenvalue weighted by Gasteiger charge is -2.25. The molecule has 0 bridgehead atoms. The fraction of sp³-hybridized carbons (Fsp3) is 0.556. The predicted molar refractivity (Wildman–Crippen MR) is 85.1 cm³/mol. The van der Waals surface area contributed by atoms with Crippen LogP contribution in [0.3, 0.4) is 0 Å². The van der Waals surface area contributed by atoms with Crippen LogP contribution in [-0.2, 0) is 14.3 Å². The monoisotopic (exact) mass is 303 g/mol. The molecule has 0 aliphatic carbocycles. The number of likely N-dealkylation sites (tertiary alicyclic amines) is 1. The van der Waals surface area contributed by atoms with Gasteiger partial charge in [-0.3, -0.25) is 9.59 Å². The number of nitrogens with zero attached hydrogens (tertiary/aromatic N) is 1. The molecule has 22 heavy (non-hydrogen) atoms. The third-order valence-corrected chi connectivity index (χ3v) is 3.93. The van der Waals surface area contributed by atoms with Crippen LogP contribution in [0, 0.1) is 5.92 Å². The molecule has 0 radical (unpaired) electrons. The van der Waals surface area contributed by atoms with Crippen LogP contribution in [0.4, 0.5) is 0 Å². The molecule has 1 aliphatic rings. The van der Waals surface area contributed by atoms with Gasteiger partial charge in [0.25, 0.3) is 0 Å². The fourth-order valence-corrected chi connectivity index (χ4v) is 2.83. The number of benzene rings is 1. The summed E-state index contributed by atoms with van der Waals surface area (Å²) in [5, 5.41) is 0.